The molecule has 1 fully saturated rings. The predicted molar refractivity (Wildman–Crippen MR) is 91.0 cm³/mol. The SMILES string of the molecule is CCOC(=O)c1cn2c(c1[C]1[CH][CH][CH][CH]1)c(=O)[nH]c1ccccc12. The fourth-order valence-electron chi connectivity index (χ4n) is 3.09. The van der Waals surface area contributed by atoms with Crippen LogP contribution in [0.3, 0.4) is 0 Å². The summed E-state index contributed by atoms with van der Waals surface area (Å²) in [5, 5.41) is 0. The van der Waals surface area contributed by atoms with Crippen LogP contribution in [0.2, 0.25) is 0 Å². The molecule has 1 aromatic carbocycles. The smallest absolute Gasteiger partial charge is 0.340 e. The molecule has 1 saturated carbocycles. The van der Waals surface area contributed by atoms with E-state index in [1.165, 1.54) is 0 Å². The molecule has 5 nitrogen and oxygen atoms in total. The summed E-state index contributed by atoms with van der Waals surface area (Å²) >= 11 is 0. The normalized spacial score (nSPS) is 15.4. The van der Waals surface area contributed by atoms with Crippen molar-refractivity contribution in [3.05, 3.63) is 83.5 Å². The number of esters is 1. The number of nitrogens with zero attached hydrogens (tertiary/aromatic N) is 1. The Morgan fingerprint density at radius 2 is 1.96 bits per heavy atom. The second-order valence-electron chi connectivity index (χ2n) is 5.50. The number of hydrogen-bond acceptors (Lipinski definition) is 3. The van der Waals surface area contributed by atoms with Crippen LogP contribution in [0, 0.1) is 31.6 Å². The average Bonchev–Trinajstić information content (AvgIpc) is 3.22. The number of aromatic amines is 1. The Morgan fingerprint density at radius 1 is 1.21 bits per heavy atom. The molecule has 0 spiro atoms. The van der Waals surface area contributed by atoms with E-state index in [0.29, 0.717) is 16.6 Å². The van der Waals surface area contributed by atoms with Crippen molar-refractivity contribution in [2.24, 2.45) is 0 Å². The Morgan fingerprint density at radius 3 is 2.71 bits per heavy atom. The lowest BCUT2D eigenvalue weighted by Gasteiger charge is -2.10. The van der Waals surface area contributed by atoms with Gasteiger partial charge in [-0.2, -0.15) is 0 Å². The number of para-hydroxylation sites is 2. The van der Waals surface area contributed by atoms with Gasteiger partial charge in [-0.3, -0.25) is 4.79 Å². The average molecular weight is 319 g/mol. The summed E-state index contributed by atoms with van der Waals surface area (Å²) < 4.78 is 6.95. The van der Waals surface area contributed by atoms with Crippen LogP contribution >= 0.6 is 0 Å². The molecule has 0 aliphatic heterocycles. The van der Waals surface area contributed by atoms with Crippen LogP contribution in [0.25, 0.3) is 16.6 Å². The quantitative estimate of drug-likeness (QED) is 0.755. The molecule has 5 heteroatoms. The monoisotopic (exact) mass is 319 g/mol. The van der Waals surface area contributed by atoms with Gasteiger partial charge in [-0.05, 0) is 44.7 Å². The molecule has 0 unspecified atom stereocenters. The highest BCUT2D eigenvalue weighted by atomic mass is 16.5. The minimum atomic E-state index is -0.430. The first kappa shape index (κ1) is 15.0. The van der Waals surface area contributed by atoms with Crippen LogP contribution < -0.4 is 5.56 Å². The van der Waals surface area contributed by atoms with Crippen molar-refractivity contribution in [3.8, 4) is 0 Å². The fourth-order valence-corrected chi connectivity index (χ4v) is 3.09. The number of rotatable bonds is 3. The molecule has 2 aromatic heterocycles. The zero-order valence-corrected chi connectivity index (χ0v) is 13.1. The molecule has 5 radical (unpaired) electrons. The van der Waals surface area contributed by atoms with Crippen molar-refractivity contribution in [1.29, 1.82) is 0 Å². The van der Waals surface area contributed by atoms with Crippen molar-refractivity contribution in [2.45, 2.75) is 6.92 Å². The van der Waals surface area contributed by atoms with E-state index in [1.807, 2.05) is 49.9 Å². The van der Waals surface area contributed by atoms with E-state index >= 15 is 0 Å². The first-order chi connectivity index (χ1) is 11.7. The summed E-state index contributed by atoms with van der Waals surface area (Å²) in [7, 11) is 0. The van der Waals surface area contributed by atoms with Gasteiger partial charge in [-0.15, -0.1) is 0 Å². The maximum Gasteiger partial charge on any atom is 0.340 e. The number of carbonyl (C=O) groups excluding carboxylic acids is 1. The molecule has 24 heavy (non-hydrogen) atoms. The van der Waals surface area contributed by atoms with Gasteiger partial charge in [0.15, 0.2) is 0 Å². The number of carbonyl (C=O) groups is 1. The largest absolute Gasteiger partial charge is 0.462 e. The second kappa shape index (κ2) is 5.82. The molecule has 0 saturated heterocycles. The third-order valence-corrected chi connectivity index (χ3v) is 4.08. The first-order valence-corrected chi connectivity index (χ1v) is 7.76. The van der Waals surface area contributed by atoms with Crippen LogP contribution in [-0.2, 0) is 4.74 Å². The van der Waals surface area contributed by atoms with Gasteiger partial charge in [0.05, 0.1) is 23.2 Å². The molecule has 119 valence electrons. The molecule has 4 rings (SSSR count). The first-order valence-electron chi connectivity index (χ1n) is 7.76. The lowest BCUT2D eigenvalue weighted by molar-refractivity contribution is 0.0526. The van der Waals surface area contributed by atoms with Gasteiger partial charge in [-0.1, -0.05) is 12.1 Å². The Kier molecular flexibility index (Phi) is 3.63. The molecule has 0 bridgehead atoms. The molecule has 1 aliphatic rings. The third kappa shape index (κ3) is 2.23. The van der Waals surface area contributed by atoms with Crippen molar-refractivity contribution in [3.63, 3.8) is 0 Å². The zero-order chi connectivity index (χ0) is 16.7. The van der Waals surface area contributed by atoms with E-state index in [4.69, 9.17) is 4.74 Å². The highest BCUT2D eigenvalue weighted by Gasteiger charge is 2.30. The molecule has 0 amide bonds. The van der Waals surface area contributed by atoms with Gasteiger partial charge in [0.2, 0.25) is 0 Å². The summed E-state index contributed by atoms with van der Waals surface area (Å²) in [6.07, 6.45) is 9.21. The molecule has 1 aliphatic carbocycles. The van der Waals surface area contributed by atoms with Crippen LogP contribution in [-0.4, -0.2) is 22.0 Å². The van der Waals surface area contributed by atoms with Crippen molar-refractivity contribution >= 4 is 22.5 Å². The Hall–Kier alpha value is -2.56. The van der Waals surface area contributed by atoms with E-state index in [-0.39, 0.29) is 12.2 Å². The highest BCUT2D eigenvalue weighted by molar-refractivity contribution is 5.97. The third-order valence-electron chi connectivity index (χ3n) is 4.08. The maximum absolute atomic E-state index is 12.7. The lowest BCUT2D eigenvalue weighted by Crippen LogP contribution is -2.14. The Bertz CT molecular complexity index is 977. The Labute approximate surface area is 139 Å². The van der Waals surface area contributed by atoms with Gasteiger partial charge in [0.1, 0.15) is 5.52 Å². The molecular formula is C19H15N2O3. The standard InChI is InChI=1S/C19H15N2O3/c1-2-24-19(23)13-11-21-15-10-6-5-9-14(15)20-18(22)17(21)16(13)12-7-3-4-8-12/h3-11H,2H2,1H3,(H,20,22). The van der Waals surface area contributed by atoms with Crippen molar-refractivity contribution in [1.82, 2.24) is 9.38 Å². The van der Waals surface area contributed by atoms with Crippen LogP contribution in [0.5, 0.6) is 0 Å². The minimum Gasteiger partial charge on any atom is -0.462 e. The number of ether oxygens (including phenoxy) is 1. The summed E-state index contributed by atoms with van der Waals surface area (Å²) in [6.45, 7) is 2.04. The summed E-state index contributed by atoms with van der Waals surface area (Å²) in [5.74, 6) is 0.391. The van der Waals surface area contributed by atoms with Crippen molar-refractivity contribution < 1.29 is 9.53 Å². The minimum absolute atomic E-state index is 0.236. The van der Waals surface area contributed by atoms with Gasteiger partial charge >= 0.3 is 5.97 Å². The number of benzene rings is 1. The van der Waals surface area contributed by atoms with E-state index in [2.05, 4.69) is 4.98 Å². The van der Waals surface area contributed by atoms with E-state index in [1.54, 1.807) is 17.5 Å². The number of nitrogens with one attached hydrogen (secondary N) is 1. The van der Waals surface area contributed by atoms with E-state index < -0.39 is 5.97 Å². The Balaban J connectivity index is 2.08. The molecular weight excluding hydrogens is 304 g/mol. The van der Waals surface area contributed by atoms with Gasteiger partial charge in [0, 0.05) is 17.7 Å². The predicted octanol–water partition coefficient (Wildman–Crippen LogP) is 2.71. The highest BCUT2D eigenvalue weighted by Crippen LogP contribution is 2.36. The molecule has 0 atom stereocenters. The fraction of sp³-hybridized carbons (Fsp3) is 0.105. The summed E-state index contributed by atoms with van der Waals surface area (Å²) in [5.41, 5.74) is 2.75. The van der Waals surface area contributed by atoms with Crippen LogP contribution in [0.4, 0.5) is 0 Å². The number of fused-ring (bicyclic) bond motifs is 3. The van der Waals surface area contributed by atoms with E-state index in [0.717, 1.165) is 17.0 Å². The number of hydrogen-bond donors (Lipinski definition) is 1. The van der Waals surface area contributed by atoms with E-state index in [9.17, 15) is 9.59 Å². The van der Waals surface area contributed by atoms with Crippen molar-refractivity contribution in [2.75, 3.05) is 6.61 Å². The van der Waals surface area contributed by atoms with Crippen LogP contribution in [0.15, 0.2) is 35.3 Å². The number of aromatic nitrogens is 2. The number of H-pyrrole nitrogens is 1. The topological polar surface area (TPSA) is 63.6 Å². The van der Waals surface area contributed by atoms with Crippen LogP contribution in [0.1, 0.15) is 22.8 Å². The summed E-state index contributed by atoms with van der Waals surface area (Å²) in [6, 6.07) is 7.49. The zero-order valence-electron chi connectivity index (χ0n) is 13.1. The molecule has 3 aromatic rings. The van der Waals surface area contributed by atoms with Gasteiger partial charge in [0.25, 0.3) is 5.56 Å². The van der Waals surface area contributed by atoms with Gasteiger partial charge in [-0.25, -0.2) is 4.79 Å². The maximum atomic E-state index is 12.7. The molecule has 2 heterocycles. The molecule has 1 N–H and O–H groups in total. The second-order valence-corrected chi connectivity index (χ2v) is 5.50. The van der Waals surface area contributed by atoms with Gasteiger partial charge < -0.3 is 14.1 Å². The summed E-state index contributed by atoms with van der Waals surface area (Å²) in [4.78, 5) is 28.0. The lowest BCUT2D eigenvalue weighted by atomic mass is 9.95.